The largest absolute Gasteiger partial charge is 0.466 e. The molecule has 5 heteroatoms. The lowest BCUT2D eigenvalue weighted by Gasteiger charge is -2.16. The molecule has 0 atom stereocenters. The van der Waals surface area contributed by atoms with Crippen LogP contribution in [0, 0.1) is 19.8 Å². The predicted octanol–water partition coefficient (Wildman–Crippen LogP) is 3.62. The van der Waals surface area contributed by atoms with E-state index in [2.05, 4.69) is 35.5 Å². The van der Waals surface area contributed by atoms with E-state index in [0.717, 1.165) is 30.6 Å². The molecule has 1 aromatic rings. The Morgan fingerprint density at radius 1 is 1.25 bits per heavy atom. The standard InChI is InChI=1S/C15H27N3O.HI/c1-6-13(7-2)9-17-15(16-5)18-10-14-8-11(3)19-12(14)4;/h8,13H,6-7,9-10H2,1-5H3,(H2,16,17,18);1H. The van der Waals surface area contributed by atoms with Gasteiger partial charge in [0.25, 0.3) is 0 Å². The second-order valence-electron chi connectivity index (χ2n) is 4.93. The van der Waals surface area contributed by atoms with E-state index in [9.17, 15) is 0 Å². The number of aliphatic imine (C=N–C) groups is 1. The molecule has 1 aromatic heterocycles. The van der Waals surface area contributed by atoms with Gasteiger partial charge in [0, 0.05) is 25.7 Å². The van der Waals surface area contributed by atoms with Crippen molar-refractivity contribution in [2.75, 3.05) is 13.6 Å². The van der Waals surface area contributed by atoms with Gasteiger partial charge in [0.1, 0.15) is 11.5 Å². The fraction of sp³-hybridized carbons (Fsp3) is 0.667. The van der Waals surface area contributed by atoms with E-state index < -0.39 is 0 Å². The smallest absolute Gasteiger partial charge is 0.191 e. The van der Waals surface area contributed by atoms with Crippen LogP contribution in [0.4, 0.5) is 0 Å². The van der Waals surface area contributed by atoms with Crippen LogP contribution in [-0.4, -0.2) is 19.6 Å². The van der Waals surface area contributed by atoms with Crippen LogP contribution in [0.5, 0.6) is 0 Å². The molecule has 0 fully saturated rings. The van der Waals surface area contributed by atoms with Gasteiger partial charge < -0.3 is 15.1 Å². The van der Waals surface area contributed by atoms with E-state index in [1.807, 2.05) is 13.8 Å². The molecule has 0 aliphatic carbocycles. The maximum absolute atomic E-state index is 5.51. The predicted molar refractivity (Wildman–Crippen MR) is 95.9 cm³/mol. The molecule has 116 valence electrons. The van der Waals surface area contributed by atoms with Crippen LogP contribution in [-0.2, 0) is 6.54 Å². The third-order valence-corrected chi connectivity index (χ3v) is 3.53. The van der Waals surface area contributed by atoms with Crippen molar-refractivity contribution in [2.24, 2.45) is 10.9 Å². The highest BCUT2D eigenvalue weighted by atomic mass is 127. The summed E-state index contributed by atoms with van der Waals surface area (Å²) in [7, 11) is 1.80. The Hall–Kier alpha value is -0.720. The fourth-order valence-electron chi connectivity index (χ4n) is 2.08. The summed E-state index contributed by atoms with van der Waals surface area (Å²) in [6, 6.07) is 2.07. The molecule has 20 heavy (non-hydrogen) atoms. The first-order chi connectivity index (χ1) is 9.10. The Balaban J connectivity index is 0.00000361. The summed E-state index contributed by atoms with van der Waals surface area (Å²) in [5, 5.41) is 6.70. The maximum atomic E-state index is 5.51. The molecule has 1 heterocycles. The van der Waals surface area contributed by atoms with Gasteiger partial charge in [-0.05, 0) is 25.8 Å². The lowest BCUT2D eigenvalue weighted by atomic mass is 10.0. The SMILES string of the molecule is CCC(CC)CNC(=NC)NCc1cc(C)oc1C.I. The highest BCUT2D eigenvalue weighted by molar-refractivity contribution is 14.0. The van der Waals surface area contributed by atoms with Gasteiger partial charge in [-0.2, -0.15) is 0 Å². The molecular weight excluding hydrogens is 365 g/mol. The van der Waals surface area contributed by atoms with Gasteiger partial charge in [0.05, 0.1) is 0 Å². The quantitative estimate of drug-likeness (QED) is 0.441. The van der Waals surface area contributed by atoms with E-state index in [-0.39, 0.29) is 24.0 Å². The lowest BCUT2D eigenvalue weighted by molar-refractivity contribution is 0.481. The highest BCUT2D eigenvalue weighted by Gasteiger charge is 2.07. The highest BCUT2D eigenvalue weighted by Crippen LogP contribution is 2.13. The normalized spacial score (nSPS) is 11.4. The van der Waals surface area contributed by atoms with Gasteiger partial charge in [-0.3, -0.25) is 4.99 Å². The summed E-state index contributed by atoms with van der Waals surface area (Å²) < 4.78 is 5.51. The molecule has 2 N–H and O–H groups in total. The second-order valence-corrected chi connectivity index (χ2v) is 4.93. The number of guanidine groups is 1. The zero-order chi connectivity index (χ0) is 14.3. The van der Waals surface area contributed by atoms with Crippen molar-refractivity contribution < 1.29 is 4.42 Å². The zero-order valence-corrected chi connectivity index (χ0v) is 15.6. The minimum absolute atomic E-state index is 0. The molecule has 0 amide bonds. The Bertz CT molecular complexity index is 411. The summed E-state index contributed by atoms with van der Waals surface area (Å²) in [6.45, 7) is 10.1. The van der Waals surface area contributed by atoms with E-state index in [4.69, 9.17) is 4.42 Å². The lowest BCUT2D eigenvalue weighted by Crippen LogP contribution is -2.39. The van der Waals surface area contributed by atoms with Gasteiger partial charge in [-0.15, -0.1) is 24.0 Å². The summed E-state index contributed by atoms with van der Waals surface area (Å²) in [5.41, 5.74) is 1.18. The Kier molecular flexibility index (Phi) is 9.71. The Morgan fingerprint density at radius 2 is 1.90 bits per heavy atom. The van der Waals surface area contributed by atoms with Crippen molar-refractivity contribution in [3.8, 4) is 0 Å². The fourth-order valence-corrected chi connectivity index (χ4v) is 2.08. The van der Waals surface area contributed by atoms with Crippen molar-refractivity contribution in [3.63, 3.8) is 0 Å². The average Bonchev–Trinajstić information content (AvgIpc) is 2.72. The Labute approximate surface area is 139 Å². The van der Waals surface area contributed by atoms with Gasteiger partial charge >= 0.3 is 0 Å². The number of halogens is 1. The molecule has 0 radical (unpaired) electrons. The topological polar surface area (TPSA) is 49.6 Å². The molecule has 0 aliphatic rings. The first kappa shape index (κ1) is 19.3. The minimum atomic E-state index is 0. The molecule has 1 rings (SSSR count). The molecule has 0 saturated carbocycles. The van der Waals surface area contributed by atoms with E-state index in [0.29, 0.717) is 5.92 Å². The first-order valence-corrected chi connectivity index (χ1v) is 7.11. The van der Waals surface area contributed by atoms with E-state index in [1.54, 1.807) is 7.05 Å². The summed E-state index contributed by atoms with van der Waals surface area (Å²) in [6.07, 6.45) is 2.39. The third-order valence-electron chi connectivity index (χ3n) is 3.53. The van der Waals surface area contributed by atoms with Crippen molar-refractivity contribution in [1.29, 1.82) is 0 Å². The number of hydrogen-bond donors (Lipinski definition) is 2. The van der Waals surface area contributed by atoms with Crippen LogP contribution in [0.25, 0.3) is 0 Å². The van der Waals surface area contributed by atoms with Crippen molar-refractivity contribution in [3.05, 3.63) is 23.2 Å². The molecular formula is C15H28IN3O. The maximum Gasteiger partial charge on any atom is 0.191 e. The van der Waals surface area contributed by atoms with Crippen LogP contribution in [0.2, 0.25) is 0 Å². The minimum Gasteiger partial charge on any atom is -0.466 e. The molecule has 0 saturated heterocycles. The van der Waals surface area contributed by atoms with Crippen LogP contribution >= 0.6 is 24.0 Å². The summed E-state index contributed by atoms with van der Waals surface area (Å²) >= 11 is 0. The molecule has 0 spiro atoms. The zero-order valence-electron chi connectivity index (χ0n) is 13.2. The average molecular weight is 393 g/mol. The van der Waals surface area contributed by atoms with Crippen molar-refractivity contribution >= 4 is 29.9 Å². The van der Waals surface area contributed by atoms with Gasteiger partial charge in [-0.25, -0.2) is 0 Å². The van der Waals surface area contributed by atoms with Crippen LogP contribution in [0.3, 0.4) is 0 Å². The van der Waals surface area contributed by atoms with Gasteiger partial charge in [0.2, 0.25) is 0 Å². The first-order valence-electron chi connectivity index (χ1n) is 7.11. The van der Waals surface area contributed by atoms with Gasteiger partial charge in [-0.1, -0.05) is 26.7 Å². The number of nitrogens with zero attached hydrogens (tertiary/aromatic N) is 1. The molecule has 4 nitrogen and oxygen atoms in total. The van der Waals surface area contributed by atoms with Crippen LogP contribution in [0.1, 0.15) is 43.8 Å². The second kappa shape index (κ2) is 10.1. The molecule has 0 aromatic carbocycles. The molecule has 0 bridgehead atoms. The van der Waals surface area contributed by atoms with Crippen LogP contribution in [0.15, 0.2) is 15.5 Å². The summed E-state index contributed by atoms with van der Waals surface area (Å²) in [4.78, 5) is 4.24. The number of aryl methyl sites for hydroxylation is 2. The monoisotopic (exact) mass is 393 g/mol. The molecule has 0 aliphatic heterocycles. The number of furan rings is 1. The Morgan fingerprint density at radius 3 is 2.35 bits per heavy atom. The number of hydrogen-bond acceptors (Lipinski definition) is 2. The molecule has 0 unspecified atom stereocenters. The van der Waals surface area contributed by atoms with Crippen LogP contribution < -0.4 is 10.6 Å². The number of nitrogens with one attached hydrogen (secondary N) is 2. The van der Waals surface area contributed by atoms with Gasteiger partial charge in [0.15, 0.2) is 5.96 Å². The van der Waals surface area contributed by atoms with E-state index >= 15 is 0 Å². The van der Waals surface area contributed by atoms with Crippen molar-refractivity contribution in [2.45, 2.75) is 47.1 Å². The van der Waals surface area contributed by atoms with Crippen molar-refractivity contribution in [1.82, 2.24) is 10.6 Å². The third kappa shape index (κ3) is 6.15. The van der Waals surface area contributed by atoms with E-state index in [1.165, 1.54) is 18.4 Å². The summed E-state index contributed by atoms with van der Waals surface area (Å²) in [5.74, 6) is 3.48. The number of rotatable bonds is 6.